The molecule has 6 atom stereocenters. The molecule has 354 valence electrons. The van der Waals surface area contributed by atoms with Crippen LogP contribution in [0, 0.1) is 17.8 Å². The van der Waals surface area contributed by atoms with Crippen molar-refractivity contribution < 1.29 is 57.8 Å². The molecule has 2 aliphatic carbocycles. The highest BCUT2D eigenvalue weighted by molar-refractivity contribution is 6.03. The first-order valence-corrected chi connectivity index (χ1v) is 23.0. The van der Waals surface area contributed by atoms with Crippen molar-refractivity contribution in [1.82, 2.24) is 4.90 Å². The minimum absolute atomic E-state index is 0.0147. The van der Waals surface area contributed by atoms with Crippen LogP contribution < -0.4 is 23.7 Å². The van der Waals surface area contributed by atoms with E-state index in [-0.39, 0.29) is 63.9 Å². The van der Waals surface area contributed by atoms with E-state index in [1.165, 1.54) is 7.11 Å². The van der Waals surface area contributed by atoms with Crippen LogP contribution in [0.5, 0.6) is 34.5 Å². The largest absolute Gasteiger partial charge is 0.496 e. The summed E-state index contributed by atoms with van der Waals surface area (Å²) in [6, 6.07) is 15.5. The number of fused-ring (bicyclic) bond motifs is 3. The zero-order valence-electron chi connectivity index (χ0n) is 38.6. The van der Waals surface area contributed by atoms with Gasteiger partial charge in [0, 0.05) is 37.7 Å². The Morgan fingerprint density at radius 3 is 2.41 bits per heavy atom. The minimum Gasteiger partial charge on any atom is -0.496 e. The average molecular weight is 909 g/mol. The first-order valence-electron chi connectivity index (χ1n) is 23.0. The molecule has 4 aliphatic rings. The summed E-state index contributed by atoms with van der Waals surface area (Å²) in [6.07, 6.45) is 10.8. The van der Waals surface area contributed by atoms with Gasteiger partial charge in [0.25, 0.3) is 0 Å². The number of methoxy groups -OCH3 is 1. The maximum absolute atomic E-state index is 14.8. The molecule has 0 aromatic heterocycles. The van der Waals surface area contributed by atoms with Crippen LogP contribution in [0.4, 0.5) is 4.79 Å². The summed E-state index contributed by atoms with van der Waals surface area (Å²) in [4.78, 5) is 34.8. The van der Waals surface area contributed by atoms with Gasteiger partial charge in [-0.2, -0.15) is 0 Å². The standard InChI is InChI=1S/C52H64N2O12/c1-7-9-25-60-50(58)54(31-34-16-19-45-46(26-34)62-33-61-45)47-30-42(53-66-51(3,4)5)40-28-35(14-10-12-22-55)39(15-11-13-23-56)48-41-29-38(64-37-17-20-43(59-6)36(27-37)32-57)18-21-44(41)65-52(47,49(40)48)63-24-8-2/h7-8,16-21,26-29,32,35,39,47-49,55-56H,1-2,9-15,22-25,30-31,33H2,3-6H3/t35-,39+,47-,48+,49+,52+/m0/s1. The molecule has 2 N–H and O–H groups in total. The van der Waals surface area contributed by atoms with Crippen LogP contribution in [0.3, 0.4) is 0 Å². The van der Waals surface area contributed by atoms with Crippen molar-refractivity contribution in [3.8, 4) is 34.5 Å². The lowest BCUT2D eigenvalue weighted by atomic mass is 9.55. The number of nitrogens with zero attached hydrogens (tertiary/aromatic N) is 2. The number of oxime groups is 1. The van der Waals surface area contributed by atoms with E-state index >= 15 is 0 Å². The second kappa shape index (κ2) is 21.6. The predicted molar refractivity (Wildman–Crippen MR) is 249 cm³/mol. The van der Waals surface area contributed by atoms with E-state index in [9.17, 15) is 19.8 Å². The number of allylic oxidation sites excluding steroid dienone is 1. The number of rotatable bonds is 22. The molecule has 1 amide bonds. The van der Waals surface area contributed by atoms with Crippen LogP contribution in [0.1, 0.15) is 99.5 Å². The Morgan fingerprint density at radius 2 is 1.68 bits per heavy atom. The number of ether oxygens (including phenoxy) is 7. The van der Waals surface area contributed by atoms with E-state index in [0.717, 1.165) is 48.7 Å². The van der Waals surface area contributed by atoms with Crippen molar-refractivity contribution in [2.24, 2.45) is 22.9 Å². The van der Waals surface area contributed by atoms with Gasteiger partial charge in [0.2, 0.25) is 12.6 Å². The van der Waals surface area contributed by atoms with Crippen LogP contribution in [-0.2, 0) is 20.9 Å². The van der Waals surface area contributed by atoms with Crippen molar-refractivity contribution in [3.63, 3.8) is 0 Å². The zero-order valence-corrected chi connectivity index (χ0v) is 38.6. The Labute approximate surface area is 387 Å². The highest BCUT2D eigenvalue weighted by Crippen LogP contribution is 2.62. The van der Waals surface area contributed by atoms with Gasteiger partial charge in [0.05, 0.1) is 37.5 Å². The van der Waals surface area contributed by atoms with Gasteiger partial charge in [-0.05, 0) is 124 Å². The number of hydrogen-bond acceptors (Lipinski definition) is 13. The second-order valence-corrected chi connectivity index (χ2v) is 18.1. The molecule has 1 fully saturated rings. The maximum Gasteiger partial charge on any atom is 0.410 e. The van der Waals surface area contributed by atoms with Crippen molar-refractivity contribution >= 4 is 18.1 Å². The lowest BCUT2D eigenvalue weighted by molar-refractivity contribution is -0.256. The summed E-state index contributed by atoms with van der Waals surface area (Å²) < 4.78 is 43.8. The molecule has 3 aromatic rings. The summed E-state index contributed by atoms with van der Waals surface area (Å²) >= 11 is 0. The summed E-state index contributed by atoms with van der Waals surface area (Å²) in [5.74, 6) is 0.716. The molecular weight excluding hydrogens is 845 g/mol. The summed E-state index contributed by atoms with van der Waals surface area (Å²) in [7, 11) is 1.51. The van der Waals surface area contributed by atoms with Crippen molar-refractivity contribution in [2.45, 2.75) is 102 Å². The van der Waals surface area contributed by atoms with E-state index in [2.05, 4.69) is 19.2 Å². The Kier molecular flexibility index (Phi) is 15.8. The first kappa shape index (κ1) is 48.1. The number of aliphatic hydroxyl groups is 2. The molecule has 0 bridgehead atoms. The molecular formula is C52H64N2O12. The number of benzene rings is 3. The van der Waals surface area contributed by atoms with Crippen molar-refractivity contribution in [1.29, 1.82) is 0 Å². The lowest BCUT2D eigenvalue weighted by Gasteiger charge is -2.60. The van der Waals surface area contributed by atoms with Crippen LogP contribution in [-0.4, -0.2) is 91.0 Å². The number of hydrogen-bond donors (Lipinski definition) is 2. The summed E-state index contributed by atoms with van der Waals surface area (Å²) in [5, 5.41) is 24.9. The van der Waals surface area contributed by atoms with Gasteiger partial charge in [-0.1, -0.05) is 42.3 Å². The van der Waals surface area contributed by atoms with Crippen molar-refractivity contribution in [2.75, 3.05) is 40.3 Å². The molecule has 1 saturated carbocycles. The fraction of sp³-hybridized carbons (Fsp3) is 0.481. The Hall–Kier alpha value is -5.83. The molecule has 0 unspecified atom stereocenters. The number of amides is 1. The highest BCUT2D eigenvalue weighted by atomic mass is 16.7. The van der Waals surface area contributed by atoms with Crippen molar-refractivity contribution in [3.05, 3.63) is 108 Å². The summed E-state index contributed by atoms with van der Waals surface area (Å²) in [6.45, 7) is 14.2. The molecule has 7 rings (SSSR count). The third-order valence-electron chi connectivity index (χ3n) is 12.6. The number of aliphatic hydroxyl groups excluding tert-OH is 2. The predicted octanol–water partition coefficient (Wildman–Crippen LogP) is 9.68. The highest BCUT2D eigenvalue weighted by Gasteiger charge is 2.66. The SMILES string of the molecule is C=CCCOC(=O)N(Cc1ccc2c(c1)OCO2)[C@H]1CC(=NOC(C)(C)C)C2=C[C@H](CCCCO)[C@@H](CCCCO)[C@@H]3c4cc(Oc5ccc(OC)c(C=O)c5)ccc4O[C@@]1(OCC=C)[C@H]23. The molecule has 0 saturated heterocycles. The van der Waals surface area contributed by atoms with Gasteiger partial charge >= 0.3 is 6.09 Å². The van der Waals surface area contributed by atoms with E-state index in [0.29, 0.717) is 65.0 Å². The van der Waals surface area contributed by atoms with E-state index in [1.807, 2.05) is 57.2 Å². The van der Waals surface area contributed by atoms with Gasteiger partial charge in [-0.25, -0.2) is 4.79 Å². The quantitative estimate of drug-likeness (QED) is 0.0425. The zero-order chi connectivity index (χ0) is 46.8. The maximum atomic E-state index is 14.8. The van der Waals surface area contributed by atoms with Gasteiger partial charge in [0.1, 0.15) is 34.6 Å². The van der Waals surface area contributed by atoms with E-state index in [1.54, 1.807) is 35.3 Å². The Bertz CT molecular complexity index is 2270. The normalized spacial score (nSPS) is 23.1. The van der Waals surface area contributed by atoms with Crippen LogP contribution >= 0.6 is 0 Å². The van der Waals surface area contributed by atoms with E-state index in [4.69, 9.17) is 43.2 Å². The molecule has 0 radical (unpaired) electrons. The van der Waals surface area contributed by atoms with E-state index < -0.39 is 29.4 Å². The van der Waals surface area contributed by atoms with Gasteiger partial charge in [0.15, 0.2) is 17.8 Å². The van der Waals surface area contributed by atoms with Crippen LogP contribution in [0.15, 0.2) is 96.7 Å². The monoisotopic (exact) mass is 908 g/mol. The Balaban J connectivity index is 1.46. The number of aldehydes is 1. The molecule has 2 heterocycles. The fourth-order valence-electron chi connectivity index (χ4n) is 9.76. The number of unbranched alkanes of at least 4 members (excludes halogenated alkanes) is 2. The minimum atomic E-state index is -1.53. The molecule has 2 aliphatic heterocycles. The summed E-state index contributed by atoms with van der Waals surface area (Å²) in [5.41, 5.74) is 2.88. The molecule has 66 heavy (non-hydrogen) atoms. The van der Waals surface area contributed by atoms with Gasteiger partial charge in [-0.3, -0.25) is 9.69 Å². The third kappa shape index (κ3) is 10.6. The van der Waals surface area contributed by atoms with Crippen LogP contribution in [0.25, 0.3) is 0 Å². The average Bonchev–Trinajstić information content (AvgIpc) is 3.78. The Morgan fingerprint density at radius 1 is 0.939 bits per heavy atom. The second-order valence-electron chi connectivity index (χ2n) is 18.1. The first-order chi connectivity index (χ1) is 32.0. The molecule has 14 heteroatoms. The van der Waals surface area contributed by atoms with Gasteiger partial charge < -0.3 is 48.2 Å². The third-order valence-corrected chi connectivity index (χ3v) is 12.6. The fourth-order valence-corrected chi connectivity index (χ4v) is 9.76. The van der Waals surface area contributed by atoms with Gasteiger partial charge in [-0.15, -0.1) is 13.2 Å². The topological polar surface area (TPSA) is 164 Å². The smallest absolute Gasteiger partial charge is 0.410 e. The number of carbonyl (C=O) groups is 2. The number of carbonyl (C=O) groups excluding carboxylic acids is 2. The molecule has 3 aromatic carbocycles. The lowest BCUT2D eigenvalue weighted by Crippen LogP contribution is -2.70. The molecule has 14 nitrogen and oxygen atoms in total. The molecule has 0 spiro atoms. The van der Waals surface area contributed by atoms with Crippen LogP contribution in [0.2, 0.25) is 0 Å².